The first-order chi connectivity index (χ1) is 7.80. The number of nitrogens with zero attached hydrogens (tertiary/aromatic N) is 1. The normalized spacial score (nSPS) is 13.9. The lowest BCUT2D eigenvalue weighted by Gasteiger charge is -2.20. The van der Waals surface area contributed by atoms with E-state index in [1.807, 2.05) is 0 Å². The first-order valence-corrected chi connectivity index (χ1v) is 6.16. The molecule has 1 rings (SSSR count). The van der Waals surface area contributed by atoms with E-state index in [0.717, 1.165) is 16.4 Å². The van der Waals surface area contributed by atoms with E-state index in [1.165, 1.54) is 14.0 Å². The number of carboxylic acids is 1. The molecule has 0 aromatic carbocycles. The number of hydrogen-bond acceptors (Lipinski definition) is 5. The summed E-state index contributed by atoms with van der Waals surface area (Å²) in [5, 5.41) is 17.0. The Bertz CT molecular complexity index is 505. The van der Waals surface area contributed by atoms with Gasteiger partial charge in [-0.25, -0.2) is 13.2 Å². The molecule has 0 saturated heterocycles. The summed E-state index contributed by atoms with van der Waals surface area (Å²) >= 11 is 0. The number of aliphatic hydroxyl groups excluding tert-OH is 1. The Labute approximate surface area is 98.3 Å². The largest absolute Gasteiger partial charge is 0.475 e. The summed E-state index contributed by atoms with van der Waals surface area (Å²) in [6, 6.07) is 1.50. The van der Waals surface area contributed by atoms with E-state index in [-0.39, 0.29) is 6.61 Å². The summed E-state index contributed by atoms with van der Waals surface area (Å²) in [4.78, 5) is 10.6. The van der Waals surface area contributed by atoms with Gasteiger partial charge in [0, 0.05) is 13.1 Å². The SMILES string of the molecule is CC(CO)N(C)S(=O)(=O)c1ccc(C(=O)O)o1. The van der Waals surface area contributed by atoms with E-state index in [1.54, 1.807) is 0 Å². The van der Waals surface area contributed by atoms with Crippen molar-refractivity contribution in [1.82, 2.24) is 4.31 Å². The fourth-order valence-corrected chi connectivity index (χ4v) is 2.33. The zero-order chi connectivity index (χ0) is 13.2. The monoisotopic (exact) mass is 263 g/mol. The number of carbonyl (C=O) groups is 1. The average molecular weight is 263 g/mol. The molecule has 0 saturated carbocycles. The Balaban J connectivity index is 3.09. The van der Waals surface area contributed by atoms with Crippen LogP contribution in [0.1, 0.15) is 17.5 Å². The number of rotatable bonds is 5. The third kappa shape index (κ3) is 2.65. The van der Waals surface area contributed by atoms with Gasteiger partial charge < -0.3 is 14.6 Å². The fraction of sp³-hybridized carbons (Fsp3) is 0.444. The molecule has 17 heavy (non-hydrogen) atoms. The quantitative estimate of drug-likeness (QED) is 0.772. The zero-order valence-electron chi connectivity index (χ0n) is 9.32. The minimum atomic E-state index is -3.92. The lowest BCUT2D eigenvalue weighted by Crippen LogP contribution is -2.37. The zero-order valence-corrected chi connectivity index (χ0v) is 10.1. The lowest BCUT2D eigenvalue weighted by molar-refractivity contribution is 0.0656. The van der Waals surface area contributed by atoms with Crippen LogP contribution in [0.2, 0.25) is 0 Å². The van der Waals surface area contributed by atoms with E-state index in [4.69, 9.17) is 14.6 Å². The van der Waals surface area contributed by atoms with Gasteiger partial charge in [0.05, 0.1) is 6.61 Å². The van der Waals surface area contributed by atoms with E-state index >= 15 is 0 Å². The highest BCUT2D eigenvalue weighted by molar-refractivity contribution is 7.89. The van der Waals surface area contributed by atoms with E-state index in [2.05, 4.69) is 0 Å². The third-order valence-electron chi connectivity index (χ3n) is 2.31. The molecule has 0 aliphatic heterocycles. The lowest BCUT2D eigenvalue weighted by atomic mass is 10.4. The van der Waals surface area contributed by atoms with Gasteiger partial charge in [-0.05, 0) is 19.1 Å². The van der Waals surface area contributed by atoms with Crippen LogP contribution in [0.5, 0.6) is 0 Å². The van der Waals surface area contributed by atoms with Crippen LogP contribution in [-0.2, 0) is 10.0 Å². The van der Waals surface area contributed by atoms with Gasteiger partial charge in [-0.1, -0.05) is 0 Å². The molecule has 1 atom stereocenters. The van der Waals surface area contributed by atoms with Crippen molar-refractivity contribution in [3.05, 3.63) is 17.9 Å². The van der Waals surface area contributed by atoms with Gasteiger partial charge in [-0.3, -0.25) is 0 Å². The molecule has 0 spiro atoms. The first-order valence-electron chi connectivity index (χ1n) is 4.72. The predicted molar refractivity (Wildman–Crippen MR) is 57.2 cm³/mol. The molecule has 0 fully saturated rings. The van der Waals surface area contributed by atoms with Crippen LogP contribution in [-0.4, -0.2) is 48.6 Å². The highest BCUT2D eigenvalue weighted by Gasteiger charge is 2.28. The number of hydrogen-bond donors (Lipinski definition) is 2. The van der Waals surface area contributed by atoms with E-state index in [0.29, 0.717) is 0 Å². The molecule has 0 aliphatic carbocycles. The van der Waals surface area contributed by atoms with Crippen molar-refractivity contribution in [1.29, 1.82) is 0 Å². The van der Waals surface area contributed by atoms with Crippen LogP contribution in [0.3, 0.4) is 0 Å². The smallest absolute Gasteiger partial charge is 0.371 e. The van der Waals surface area contributed by atoms with Gasteiger partial charge in [0.1, 0.15) is 0 Å². The van der Waals surface area contributed by atoms with Crippen LogP contribution < -0.4 is 0 Å². The fourth-order valence-electron chi connectivity index (χ4n) is 1.07. The van der Waals surface area contributed by atoms with E-state index in [9.17, 15) is 13.2 Å². The maximum atomic E-state index is 11.9. The predicted octanol–water partition coefficient (Wildman–Crippen LogP) is -0.0209. The number of aliphatic hydroxyl groups is 1. The van der Waals surface area contributed by atoms with Crippen molar-refractivity contribution in [2.75, 3.05) is 13.7 Å². The van der Waals surface area contributed by atoms with Crippen LogP contribution in [0.15, 0.2) is 21.6 Å². The van der Waals surface area contributed by atoms with Gasteiger partial charge in [0.2, 0.25) is 10.9 Å². The Hall–Kier alpha value is -1.38. The maximum Gasteiger partial charge on any atom is 0.371 e. The van der Waals surface area contributed by atoms with Gasteiger partial charge in [0.15, 0.2) is 0 Å². The second kappa shape index (κ2) is 4.86. The van der Waals surface area contributed by atoms with Crippen LogP contribution >= 0.6 is 0 Å². The van der Waals surface area contributed by atoms with Crippen LogP contribution in [0.4, 0.5) is 0 Å². The van der Waals surface area contributed by atoms with Gasteiger partial charge >= 0.3 is 5.97 Å². The molecule has 0 amide bonds. The number of aromatic carboxylic acids is 1. The summed E-state index contributed by atoms with van der Waals surface area (Å²) in [7, 11) is -2.64. The molecule has 0 radical (unpaired) electrons. The van der Waals surface area contributed by atoms with Gasteiger partial charge in [-0.15, -0.1) is 0 Å². The molecule has 1 unspecified atom stereocenters. The van der Waals surface area contributed by atoms with Crippen molar-refractivity contribution in [2.45, 2.75) is 18.1 Å². The molecule has 7 nitrogen and oxygen atoms in total. The molecule has 8 heteroatoms. The molecule has 1 aromatic rings. The molecule has 0 bridgehead atoms. The minimum Gasteiger partial charge on any atom is -0.475 e. The Kier molecular flexibility index (Phi) is 3.91. The molecule has 0 aliphatic rings. The molecule has 96 valence electrons. The minimum absolute atomic E-state index is 0.345. The Morgan fingerprint density at radius 1 is 1.53 bits per heavy atom. The molecule has 2 N–H and O–H groups in total. The molecule has 1 aromatic heterocycles. The van der Waals surface area contributed by atoms with Gasteiger partial charge in [-0.2, -0.15) is 4.31 Å². The summed E-state index contributed by atoms with van der Waals surface area (Å²) in [5.74, 6) is -1.79. The highest BCUT2D eigenvalue weighted by atomic mass is 32.2. The van der Waals surface area contributed by atoms with Crippen LogP contribution in [0, 0.1) is 0 Å². The number of carboxylic acid groups (broad SMARTS) is 1. The first kappa shape index (κ1) is 13.7. The summed E-state index contributed by atoms with van der Waals surface area (Å²) in [6.45, 7) is 1.17. The number of sulfonamides is 1. The molecule has 1 heterocycles. The summed E-state index contributed by atoms with van der Waals surface area (Å²) < 4.78 is 29.4. The second-order valence-corrected chi connectivity index (χ2v) is 5.41. The third-order valence-corrected chi connectivity index (χ3v) is 4.16. The van der Waals surface area contributed by atoms with Crippen molar-refractivity contribution in [3.63, 3.8) is 0 Å². The number of furan rings is 1. The van der Waals surface area contributed by atoms with Crippen molar-refractivity contribution >= 4 is 16.0 Å². The molecular weight excluding hydrogens is 250 g/mol. The molecular formula is C9H13NO6S. The maximum absolute atomic E-state index is 11.9. The Morgan fingerprint density at radius 2 is 2.12 bits per heavy atom. The van der Waals surface area contributed by atoms with Crippen molar-refractivity contribution in [3.8, 4) is 0 Å². The average Bonchev–Trinajstić information content (AvgIpc) is 2.76. The number of likely N-dealkylation sites (N-methyl/N-ethyl adjacent to an activating group) is 1. The topological polar surface area (TPSA) is 108 Å². The van der Waals surface area contributed by atoms with Crippen LogP contribution in [0.25, 0.3) is 0 Å². The second-order valence-electron chi connectivity index (χ2n) is 3.48. The summed E-state index contributed by atoms with van der Waals surface area (Å²) in [5.41, 5.74) is 0. The van der Waals surface area contributed by atoms with Crippen molar-refractivity contribution in [2.24, 2.45) is 0 Å². The Morgan fingerprint density at radius 3 is 2.53 bits per heavy atom. The van der Waals surface area contributed by atoms with Gasteiger partial charge in [0.25, 0.3) is 10.0 Å². The highest BCUT2D eigenvalue weighted by Crippen LogP contribution is 2.19. The standard InChI is InChI=1S/C9H13NO6S/c1-6(5-11)10(2)17(14,15)8-4-3-7(16-8)9(12)13/h3-4,6,11H,5H2,1-2H3,(H,12,13). The summed E-state index contributed by atoms with van der Waals surface area (Å²) in [6.07, 6.45) is 0. The van der Waals surface area contributed by atoms with Crippen molar-refractivity contribution < 1.29 is 27.8 Å². The van der Waals surface area contributed by atoms with E-state index < -0.39 is 32.9 Å².